The minimum Gasteiger partial charge on any atom is -0.484 e. The van der Waals surface area contributed by atoms with Gasteiger partial charge in [0.1, 0.15) is 11.5 Å². The molecular weight excluding hydrogens is 438 g/mol. The Hall–Kier alpha value is -4.24. The Morgan fingerprint density at radius 1 is 1.03 bits per heavy atom. The standard InChI is InChI=1S/C22H16ClN3O6/c23-17-7-5-15(6-8-17)22(28)32-20-4-2-1-3-16(20)13-24-25-21(27)14-31-19-11-9-18(10-12-19)26(29)30/h1-13H,14H2,(H,25,27)/b24-13-. The highest BCUT2D eigenvalue weighted by molar-refractivity contribution is 6.30. The number of para-hydroxylation sites is 1. The summed E-state index contributed by atoms with van der Waals surface area (Å²) < 4.78 is 10.7. The molecule has 0 heterocycles. The molecule has 1 amide bonds. The van der Waals surface area contributed by atoms with Crippen molar-refractivity contribution in [1.82, 2.24) is 5.43 Å². The van der Waals surface area contributed by atoms with Crippen LogP contribution in [0, 0.1) is 10.1 Å². The van der Waals surface area contributed by atoms with Crippen molar-refractivity contribution in [2.45, 2.75) is 0 Å². The molecule has 1 N–H and O–H groups in total. The lowest BCUT2D eigenvalue weighted by Crippen LogP contribution is -2.24. The number of esters is 1. The highest BCUT2D eigenvalue weighted by atomic mass is 35.5. The summed E-state index contributed by atoms with van der Waals surface area (Å²) in [5.41, 5.74) is 3.01. The van der Waals surface area contributed by atoms with Crippen LogP contribution in [0.2, 0.25) is 5.02 Å². The maximum Gasteiger partial charge on any atom is 0.343 e. The van der Waals surface area contributed by atoms with Crippen LogP contribution < -0.4 is 14.9 Å². The number of nitrogens with one attached hydrogen (secondary N) is 1. The number of non-ortho nitro benzene ring substituents is 1. The molecule has 3 aromatic carbocycles. The molecule has 0 bridgehead atoms. The number of hydrogen-bond donors (Lipinski definition) is 1. The van der Waals surface area contributed by atoms with Gasteiger partial charge in [-0.3, -0.25) is 14.9 Å². The first kappa shape index (κ1) is 22.4. The monoisotopic (exact) mass is 453 g/mol. The summed E-state index contributed by atoms with van der Waals surface area (Å²) in [6.07, 6.45) is 1.33. The molecule has 10 heteroatoms. The van der Waals surface area contributed by atoms with Gasteiger partial charge >= 0.3 is 5.97 Å². The van der Waals surface area contributed by atoms with Crippen molar-refractivity contribution in [3.63, 3.8) is 0 Å². The van der Waals surface area contributed by atoms with Crippen LogP contribution in [0.5, 0.6) is 11.5 Å². The van der Waals surface area contributed by atoms with E-state index in [-0.39, 0.29) is 18.0 Å². The first-order chi connectivity index (χ1) is 15.4. The molecular formula is C22H16ClN3O6. The van der Waals surface area contributed by atoms with Crippen LogP contribution in [0.25, 0.3) is 0 Å². The Kier molecular flexibility index (Phi) is 7.50. The lowest BCUT2D eigenvalue weighted by atomic mass is 10.2. The van der Waals surface area contributed by atoms with Gasteiger partial charge in [0.25, 0.3) is 11.6 Å². The van der Waals surface area contributed by atoms with Crippen molar-refractivity contribution in [3.8, 4) is 11.5 Å². The summed E-state index contributed by atoms with van der Waals surface area (Å²) in [5.74, 6) is -0.556. The summed E-state index contributed by atoms with van der Waals surface area (Å²) in [5, 5.41) is 15.0. The number of rotatable bonds is 8. The summed E-state index contributed by atoms with van der Waals surface area (Å²) in [6.45, 7) is -0.345. The van der Waals surface area contributed by atoms with Crippen molar-refractivity contribution in [1.29, 1.82) is 0 Å². The molecule has 0 spiro atoms. The first-order valence-corrected chi connectivity index (χ1v) is 9.56. The molecule has 162 valence electrons. The van der Waals surface area contributed by atoms with E-state index >= 15 is 0 Å². The van der Waals surface area contributed by atoms with Crippen LogP contribution in [0.4, 0.5) is 5.69 Å². The predicted molar refractivity (Wildman–Crippen MR) is 117 cm³/mol. The molecule has 3 aromatic rings. The molecule has 3 rings (SSSR count). The smallest absolute Gasteiger partial charge is 0.343 e. The van der Waals surface area contributed by atoms with Crippen molar-refractivity contribution < 1.29 is 24.0 Å². The van der Waals surface area contributed by atoms with E-state index in [2.05, 4.69) is 10.5 Å². The van der Waals surface area contributed by atoms with Gasteiger partial charge < -0.3 is 9.47 Å². The number of amides is 1. The third kappa shape index (κ3) is 6.38. The zero-order valence-electron chi connectivity index (χ0n) is 16.4. The molecule has 0 aromatic heterocycles. The summed E-state index contributed by atoms with van der Waals surface area (Å²) in [7, 11) is 0. The van der Waals surface area contributed by atoms with Crippen LogP contribution in [-0.2, 0) is 4.79 Å². The maximum absolute atomic E-state index is 12.3. The SMILES string of the molecule is O=C(COc1ccc([N+](=O)[O-])cc1)N/N=C\c1ccccc1OC(=O)c1ccc(Cl)cc1. The third-order valence-electron chi connectivity index (χ3n) is 4.01. The summed E-state index contributed by atoms with van der Waals surface area (Å²) >= 11 is 5.82. The average Bonchev–Trinajstić information content (AvgIpc) is 2.79. The van der Waals surface area contributed by atoms with Gasteiger partial charge in [0.2, 0.25) is 0 Å². The predicted octanol–water partition coefficient (Wildman–Crippen LogP) is 4.00. The molecule has 9 nitrogen and oxygen atoms in total. The quantitative estimate of drug-likeness (QED) is 0.181. The lowest BCUT2D eigenvalue weighted by molar-refractivity contribution is -0.384. The number of hydrazone groups is 1. The fraction of sp³-hybridized carbons (Fsp3) is 0.0455. The maximum atomic E-state index is 12.3. The fourth-order valence-electron chi connectivity index (χ4n) is 2.44. The number of halogens is 1. The van der Waals surface area contributed by atoms with E-state index in [1.54, 1.807) is 48.5 Å². The van der Waals surface area contributed by atoms with Crippen LogP contribution in [0.15, 0.2) is 77.9 Å². The first-order valence-electron chi connectivity index (χ1n) is 9.18. The second-order valence-electron chi connectivity index (χ2n) is 6.27. The van der Waals surface area contributed by atoms with E-state index in [1.165, 1.54) is 30.5 Å². The lowest BCUT2D eigenvalue weighted by Gasteiger charge is -2.07. The third-order valence-corrected chi connectivity index (χ3v) is 4.26. The number of nitro benzene ring substituents is 1. The molecule has 0 saturated heterocycles. The Labute approximate surface area is 187 Å². The molecule has 0 saturated carbocycles. The number of benzene rings is 3. The minimum atomic E-state index is -0.567. The second-order valence-corrected chi connectivity index (χ2v) is 6.70. The Morgan fingerprint density at radius 2 is 1.72 bits per heavy atom. The van der Waals surface area contributed by atoms with E-state index in [1.807, 2.05) is 0 Å². The highest BCUT2D eigenvalue weighted by Gasteiger charge is 2.11. The molecule has 0 radical (unpaired) electrons. The van der Waals surface area contributed by atoms with Crippen LogP contribution in [0.1, 0.15) is 15.9 Å². The van der Waals surface area contributed by atoms with E-state index < -0.39 is 16.8 Å². The molecule has 0 aliphatic heterocycles. The normalized spacial score (nSPS) is 10.5. The van der Waals surface area contributed by atoms with Gasteiger partial charge in [0.05, 0.1) is 16.7 Å². The minimum absolute atomic E-state index is 0.0816. The summed E-state index contributed by atoms with van der Waals surface area (Å²) in [4.78, 5) is 34.3. The van der Waals surface area contributed by atoms with Gasteiger partial charge in [-0.1, -0.05) is 23.7 Å². The topological polar surface area (TPSA) is 120 Å². The van der Waals surface area contributed by atoms with Crippen LogP contribution in [0.3, 0.4) is 0 Å². The number of nitro groups is 1. The van der Waals surface area contributed by atoms with E-state index in [4.69, 9.17) is 21.1 Å². The average molecular weight is 454 g/mol. The Morgan fingerprint density at radius 3 is 2.41 bits per heavy atom. The van der Waals surface area contributed by atoms with Crippen LogP contribution in [-0.4, -0.2) is 29.6 Å². The number of nitrogens with zero attached hydrogens (tertiary/aromatic N) is 2. The van der Waals surface area contributed by atoms with Gasteiger partial charge in [0, 0.05) is 22.7 Å². The Balaban J connectivity index is 1.54. The zero-order valence-corrected chi connectivity index (χ0v) is 17.2. The highest BCUT2D eigenvalue weighted by Crippen LogP contribution is 2.19. The van der Waals surface area contributed by atoms with Crippen molar-refractivity contribution in [3.05, 3.63) is 99.1 Å². The van der Waals surface area contributed by atoms with Gasteiger partial charge in [-0.2, -0.15) is 5.10 Å². The van der Waals surface area contributed by atoms with Crippen molar-refractivity contribution in [2.24, 2.45) is 5.10 Å². The summed E-state index contributed by atoms with van der Waals surface area (Å²) in [6, 6.07) is 18.3. The number of carbonyl (C=O) groups excluding carboxylic acids is 2. The van der Waals surface area contributed by atoms with Crippen molar-refractivity contribution in [2.75, 3.05) is 6.61 Å². The molecule has 0 unspecified atom stereocenters. The van der Waals surface area contributed by atoms with Gasteiger partial charge in [0.15, 0.2) is 6.61 Å². The van der Waals surface area contributed by atoms with Crippen molar-refractivity contribution >= 4 is 35.4 Å². The van der Waals surface area contributed by atoms with Gasteiger partial charge in [-0.05, 0) is 48.5 Å². The molecule has 0 aliphatic carbocycles. The van der Waals surface area contributed by atoms with E-state index in [0.29, 0.717) is 21.9 Å². The number of carbonyl (C=O) groups is 2. The molecule has 0 fully saturated rings. The number of ether oxygens (including phenoxy) is 2. The molecule has 0 atom stereocenters. The molecule has 32 heavy (non-hydrogen) atoms. The largest absolute Gasteiger partial charge is 0.484 e. The molecule has 0 aliphatic rings. The Bertz CT molecular complexity index is 1150. The second kappa shape index (κ2) is 10.7. The fourth-order valence-corrected chi connectivity index (χ4v) is 2.57. The van der Waals surface area contributed by atoms with Crippen LogP contribution >= 0.6 is 11.6 Å². The van der Waals surface area contributed by atoms with Gasteiger partial charge in [-0.15, -0.1) is 0 Å². The zero-order chi connectivity index (χ0) is 22.9. The van der Waals surface area contributed by atoms with Gasteiger partial charge in [-0.25, -0.2) is 10.2 Å². The van der Waals surface area contributed by atoms with E-state index in [0.717, 1.165) is 0 Å². The van der Waals surface area contributed by atoms with E-state index in [9.17, 15) is 19.7 Å². The number of hydrogen-bond acceptors (Lipinski definition) is 7.